The monoisotopic (exact) mass is 281 g/mol. The Kier molecular flexibility index (Phi) is 3.29. The molecule has 0 saturated heterocycles. The molecular formula is C17H19N3O. The van der Waals surface area contributed by atoms with Crippen LogP contribution in [0.5, 0.6) is 5.75 Å². The maximum absolute atomic E-state index is 6.09. The van der Waals surface area contributed by atoms with Crippen LogP contribution in [0.15, 0.2) is 42.5 Å². The van der Waals surface area contributed by atoms with Gasteiger partial charge in [-0.25, -0.2) is 4.98 Å². The van der Waals surface area contributed by atoms with E-state index >= 15 is 0 Å². The second-order valence-electron chi connectivity index (χ2n) is 5.41. The molecule has 3 rings (SSSR count). The summed E-state index contributed by atoms with van der Waals surface area (Å²) in [7, 11) is 1.64. The Morgan fingerprint density at radius 3 is 2.43 bits per heavy atom. The van der Waals surface area contributed by atoms with E-state index in [0.717, 1.165) is 22.5 Å². The first-order valence-electron chi connectivity index (χ1n) is 7.02. The average Bonchev–Trinajstić information content (AvgIpc) is 2.82. The molecule has 0 aliphatic heterocycles. The summed E-state index contributed by atoms with van der Waals surface area (Å²) in [5.41, 5.74) is 10.2. The van der Waals surface area contributed by atoms with Gasteiger partial charge in [0.1, 0.15) is 5.75 Å². The van der Waals surface area contributed by atoms with Crippen molar-refractivity contribution in [3.05, 3.63) is 48.0 Å². The van der Waals surface area contributed by atoms with Crippen molar-refractivity contribution in [2.24, 2.45) is 0 Å². The van der Waals surface area contributed by atoms with Gasteiger partial charge in [-0.15, -0.1) is 0 Å². The lowest BCUT2D eigenvalue weighted by Gasteiger charge is -2.10. The van der Waals surface area contributed by atoms with Crippen molar-refractivity contribution < 1.29 is 4.74 Å². The van der Waals surface area contributed by atoms with Crippen LogP contribution < -0.4 is 10.5 Å². The molecule has 2 aromatic carbocycles. The largest absolute Gasteiger partial charge is 0.497 e. The molecule has 0 spiro atoms. The Balaban J connectivity index is 2.13. The molecule has 0 fully saturated rings. The lowest BCUT2D eigenvalue weighted by molar-refractivity contribution is 0.415. The second-order valence-corrected chi connectivity index (χ2v) is 5.41. The van der Waals surface area contributed by atoms with Crippen LogP contribution in [0.4, 0.5) is 5.95 Å². The van der Waals surface area contributed by atoms with Gasteiger partial charge in [0.15, 0.2) is 0 Å². The molecule has 4 heteroatoms. The summed E-state index contributed by atoms with van der Waals surface area (Å²) >= 11 is 0. The molecule has 2 N–H and O–H groups in total. The number of fused-ring (bicyclic) bond motifs is 1. The smallest absolute Gasteiger partial charge is 0.205 e. The maximum Gasteiger partial charge on any atom is 0.205 e. The highest BCUT2D eigenvalue weighted by atomic mass is 16.5. The number of ether oxygens (including phenoxy) is 1. The number of nitrogens with two attached hydrogens (primary N) is 1. The zero-order chi connectivity index (χ0) is 15.0. The molecule has 3 aromatic rings. The van der Waals surface area contributed by atoms with Crippen LogP contribution >= 0.6 is 0 Å². The first kappa shape index (κ1) is 13.5. The van der Waals surface area contributed by atoms with E-state index < -0.39 is 0 Å². The van der Waals surface area contributed by atoms with Gasteiger partial charge in [0, 0.05) is 11.8 Å². The van der Waals surface area contributed by atoms with Gasteiger partial charge in [-0.2, -0.15) is 0 Å². The van der Waals surface area contributed by atoms with E-state index in [-0.39, 0.29) is 0 Å². The highest BCUT2D eigenvalue weighted by Crippen LogP contribution is 2.27. The fourth-order valence-corrected chi connectivity index (χ4v) is 2.49. The number of nitrogens with zero attached hydrogens (tertiary/aromatic N) is 2. The zero-order valence-corrected chi connectivity index (χ0v) is 12.5. The lowest BCUT2D eigenvalue weighted by atomic mass is 10.0. The molecule has 0 aliphatic rings. The van der Waals surface area contributed by atoms with Gasteiger partial charge >= 0.3 is 0 Å². The van der Waals surface area contributed by atoms with Crippen molar-refractivity contribution in [3.8, 4) is 11.4 Å². The standard InChI is InChI=1S/C17H19N3O/c1-11(2)12-4-6-13(7-5-12)20-16-9-8-14(21-3)10-15(16)19-17(20)18/h4-11H,1-3H3,(H2,18,19). The van der Waals surface area contributed by atoms with Crippen LogP contribution in [-0.4, -0.2) is 16.7 Å². The minimum absolute atomic E-state index is 0.482. The first-order chi connectivity index (χ1) is 10.1. The molecular weight excluding hydrogens is 262 g/mol. The fraction of sp³-hybridized carbons (Fsp3) is 0.235. The third-order valence-corrected chi connectivity index (χ3v) is 3.71. The van der Waals surface area contributed by atoms with Crippen LogP contribution in [0, 0.1) is 0 Å². The number of anilines is 1. The maximum atomic E-state index is 6.09. The number of methoxy groups -OCH3 is 1. The van der Waals surface area contributed by atoms with E-state index in [1.54, 1.807) is 7.11 Å². The second kappa shape index (κ2) is 5.13. The van der Waals surface area contributed by atoms with E-state index in [0.29, 0.717) is 11.9 Å². The Morgan fingerprint density at radius 2 is 1.81 bits per heavy atom. The van der Waals surface area contributed by atoms with Crippen LogP contribution in [0.1, 0.15) is 25.3 Å². The average molecular weight is 281 g/mol. The van der Waals surface area contributed by atoms with Crippen molar-refractivity contribution in [3.63, 3.8) is 0 Å². The van der Waals surface area contributed by atoms with Gasteiger partial charge in [0.2, 0.25) is 5.95 Å². The van der Waals surface area contributed by atoms with Gasteiger partial charge < -0.3 is 10.5 Å². The molecule has 1 aromatic heterocycles. The van der Waals surface area contributed by atoms with E-state index in [9.17, 15) is 0 Å². The molecule has 4 nitrogen and oxygen atoms in total. The van der Waals surface area contributed by atoms with E-state index in [1.807, 2.05) is 22.8 Å². The minimum atomic E-state index is 0.482. The van der Waals surface area contributed by atoms with E-state index in [1.165, 1.54) is 5.56 Å². The summed E-state index contributed by atoms with van der Waals surface area (Å²) < 4.78 is 7.19. The van der Waals surface area contributed by atoms with Gasteiger partial charge in [0.05, 0.1) is 18.1 Å². The van der Waals surface area contributed by atoms with E-state index in [4.69, 9.17) is 10.5 Å². The van der Waals surface area contributed by atoms with E-state index in [2.05, 4.69) is 43.1 Å². The molecule has 0 saturated carbocycles. The third kappa shape index (κ3) is 2.33. The van der Waals surface area contributed by atoms with Gasteiger partial charge in [0.25, 0.3) is 0 Å². The van der Waals surface area contributed by atoms with Crippen LogP contribution in [-0.2, 0) is 0 Å². The molecule has 21 heavy (non-hydrogen) atoms. The summed E-state index contributed by atoms with van der Waals surface area (Å²) in [5, 5.41) is 0. The minimum Gasteiger partial charge on any atom is -0.497 e. The van der Waals surface area contributed by atoms with Crippen LogP contribution in [0.25, 0.3) is 16.7 Å². The number of aromatic nitrogens is 2. The quantitative estimate of drug-likeness (QED) is 0.795. The zero-order valence-electron chi connectivity index (χ0n) is 12.5. The number of rotatable bonds is 3. The Morgan fingerprint density at radius 1 is 1.10 bits per heavy atom. The van der Waals surface area contributed by atoms with Gasteiger partial charge in [-0.1, -0.05) is 26.0 Å². The predicted octanol–water partition coefficient (Wildman–Crippen LogP) is 3.74. The van der Waals surface area contributed by atoms with Gasteiger partial charge in [-0.05, 0) is 35.7 Å². The number of nitrogen functional groups attached to an aromatic ring is 1. The Labute approximate surface area is 124 Å². The molecule has 0 radical (unpaired) electrons. The Bertz CT molecular complexity index is 773. The summed E-state index contributed by atoms with van der Waals surface area (Å²) in [6.45, 7) is 4.37. The molecule has 1 heterocycles. The predicted molar refractivity (Wildman–Crippen MR) is 86.1 cm³/mol. The topological polar surface area (TPSA) is 53.1 Å². The molecule has 0 unspecified atom stereocenters. The summed E-state index contributed by atoms with van der Waals surface area (Å²) in [4.78, 5) is 4.42. The third-order valence-electron chi connectivity index (χ3n) is 3.71. The van der Waals surface area contributed by atoms with Crippen molar-refractivity contribution in [1.29, 1.82) is 0 Å². The first-order valence-corrected chi connectivity index (χ1v) is 7.02. The highest BCUT2D eigenvalue weighted by Gasteiger charge is 2.11. The molecule has 0 amide bonds. The highest BCUT2D eigenvalue weighted by molar-refractivity contribution is 5.82. The van der Waals surface area contributed by atoms with Crippen LogP contribution in [0.3, 0.4) is 0 Å². The SMILES string of the molecule is COc1ccc2c(c1)nc(N)n2-c1ccc(C(C)C)cc1. The molecule has 0 aliphatic carbocycles. The van der Waals surface area contributed by atoms with Gasteiger partial charge in [-0.3, -0.25) is 4.57 Å². The number of hydrogen-bond donors (Lipinski definition) is 1. The van der Waals surface area contributed by atoms with Crippen molar-refractivity contribution in [2.45, 2.75) is 19.8 Å². The van der Waals surface area contributed by atoms with Crippen molar-refractivity contribution in [1.82, 2.24) is 9.55 Å². The number of imidazole rings is 1. The summed E-state index contributed by atoms with van der Waals surface area (Å²) in [6, 6.07) is 14.2. The Hall–Kier alpha value is -2.49. The summed E-state index contributed by atoms with van der Waals surface area (Å²) in [6.07, 6.45) is 0. The van der Waals surface area contributed by atoms with Crippen molar-refractivity contribution in [2.75, 3.05) is 12.8 Å². The summed E-state index contributed by atoms with van der Waals surface area (Å²) in [5.74, 6) is 1.78. The molecule has 0 atom stereocenters. The number of benzene rings is 2. The van der Waals surface area contributed by atoms with Crippen molar-refractivity contribution >= 4 is 17.0 Å². The fourth-order valence-electron chi connectivity index (χ4n) is 2.49. The number of hydrogen-bond acceptors (Lipinski definition) is 3. The van der Waals surface area contributed by atoms with Crippen LogP contribution in [0.2, 0.25) is 0 Å². The molecule has 0 bridgehead atoms. The normalized spacial score (nSPS) is 11.2. The molecule has 108 valence electrons. The lowest BCUT2D eigenvalue weighted by Crippen LogP contribution is -2.00.